The smallest absolute Gasteiger partial charge is 0.326 e. The minimum atomic E-state index is -3.75. The summed E-state index contributed by atoms with van der Waals surface area (Å²) in [4.78, 5) is 27.3. The molecular weight excluding hydrogens is 378 g/mol. The molecular formula is C16H19N3O5S2. The predicted octanol–water partition coefficient (Wildman–Crippen LogP) is 1.71. The molecule has 0 aliphatic heterocycles. The van der Waals surface area contributed by atoms with Crippen LogP contribution in [-0.2, 0) is 26.0 Å². The maximum atomic E-state index is 12.2. The third-order valence-corrected chi connectivity index (χ3v) is 5.71. The Labute approximate surface area is 155 Å². The average Bonchev–Trinajstić information content (AvgIpc) is 2.99. The van der Waals surface area contributed by atoms with Crippen LogP contribution in [0.2, 0.25) is 0 Å². The van der Waals surface area contributed by atoms with E-state index in [1.165, 1.54) is 12.1 Å². The Balaban J connectivity index is 2.02. The molecule has 8 nitrogen and oxygen atoms in total. The van der Waals surface area contributed by atoms with Crippen LogP contribution in [0, 0.1) is 5.92 Å². The van der Waals surface area contributed by atoms with E-state index in [0.717, 1.165) is 11.3 Å². The van der Waals surface area contributed by atoms with Crippen LogP contribution < -0.4 is 10.0 Å². The average molecular weight is 397 g/mol. The molecule has 1 amide bonds. The van der Waals surface area contributed by atoms with Crippen molar-refractivity contribution in [3.05, 3.63) is 41.4 Å². The van der Waals surface area contributed by atoms with Crippen LogP contribution in [-0.4, -0.2) is 36.4 Å². The zero-order chi connectivity index (χ0) is 19.3. The molecule has 3 N–H and O–H groups in total. The summed E-state index contributed by atoms with van der Waals surface area (Å²) in [6, 6.07) is 6.86. The minimum absolute atomic E-state index is 0.107. The van der Waals surface area contributed by atoms with Crippen LogP contribution in [0.5, 0.6) is 0 Å². The third-order valence-electron chi connectivity index (χ3n) is 3.42. The third kappa shape index (κ3) is 5.27. The van der Waals surface area contributed by atoms with E-state index < -0.39 is 27.9 Å². The number of benzene rings is 1. The van der Waals surface area contributed by atoms with Crippen molar-refractivity contribution < 1.29 is 23.1 Å². The molecule has 26 heavy (non-hydrogen) atoms. The first-order valence-corrected chi connectivity index (χ1v) is 10.1. The zero-order valence-electron chi connectivity index (χ0n) is 14.2. The van der Waals surface area contributed by atoms with Crippen LogP contribution in [0.4, 0.5) is 5.13 Å². The quantitative estimate of drug-likeness (QED) is 0.623. The number of carboxylic acids is 1. The van der Waals surface area contributed by atoms with Gasteiger partial charge < -0.3 is 10.4 Å². The lowest BCUT2D eigenvalue weighted by atomic mass is 10.0. The molecule has 0 spiro atoms. The van der Waals surface area contributed by atoms with E-state index in [0.29, 0.717) is 5.69 Å². The number of aromatic nitrogens is 1. The number of hydrogen-bond acceptors (Lipinski definition) is 6. The lowest BCUT2D eigenvalue weighted by Gasteiger charge is -2.17. The second kappa shape index (κ2) is 8.28. The normalized spacial score (nSPS) is 12.6. The summed E-state index contributed by atoms with van der Waals surface area (Å²) < 4.78 is 26.8. The Morgan fingerprint density at radius 2 is 1.88 bits per heavy atom. The second-order valence-electron chi connectivity index (χ2n) is 5.87. The number of hydrogen-bond donors (Lipinski definition) is 3. The highest BCUT2D eigenvalue weighted by Crippen LogP contribution is 2.20. The van der Waals surface area contributed by atoms with E-state index in [2.05, 4.69) is 15.0 Å². The summed E-state index contributed by atoms with van der Waals surface area (Å²) in [5, 5.41) is 13.2. The summed E-state index contributed by atoms with van der Waals surface area (Å²) in [6.07, 6.45) is -0.139. The molecule has 0 fully saturated rings. The molecule has 1 heterocycles. The molecule has 0 saturated heterocycles. The zero-order valence-corrected chi connectivity index (χ0v) is 15.8. The van der Waals surface area contributed by atoms with Crippen molar-refractivity contribution in [2.45, 2.75) is 31.2 Å². The number of rotatable bonds is 8. The summed E-state index contributed by atoms with van der Waals surface area (Å²) in [5.41, 5.74) is 0.353. The van der Waals surface area contributed by atoms with Crippen LogP contribution >= 0.6 is 11.3 Å². The number of anilines is 1. The van der Waals surface area contributed by atoms with Gasteiger partial charge in [-0.2, -0.15) is 0 Å². The Kier molecular flexibility index (Phi) is 6.32. The van der Waals surface area contributed by atoms with Crippen molar-refractivity contribution in [2.24, 2.45) is 5.92 Å². The predicted molar refractivity (Wildman–Crippen MR) is 97.5 cm³/mol. The van der Waals surface area contributed by atoms with E-state index >= 15 is 0 Å². The molecule has 0 bridgehead atoms. The van der Waals surface area contributed by atoms with Crippen LogP contribution in [0.15, 0.2) is 40.6 Å². The van der Waals surface area contributed by atoms with Crippen molar-refractivity contribution in [3.63, 3.8) is 0 Å². The fourth-order valence-corrected chi connectivity index (χ4v) is 4.10. The number of thiazole rings is 1. The SMILES string of the molecule is CC(C)C(NC(=O)Cc1csc(NS(=O)(=O)c2ccccc2)n1)C(=O)O. The fraction of sp³-hybridized carbons (Fsp3) is 0.312. The number of nitrogens with one attached hydrogen (secondary N) is 2. The van der Waals surface area contributed by atoms with Crippen molar-refractivity contribution in [1.82, 2.24) is 10.3 Å². The summed E-state index contributed by atoms with van der Waals surface area (Å²) in [6.45, 7) is 3.39. The van der Waals surface area contributed by atoms with Crippen LogP contribution in [0.25, 0.3) is 0 Å². The summed E-state index contributed by atoms with van der Waals surface area (Å²) in [7, 11) is -3.75. The van der Waals surface area contributed by atoms with Gasteiger partial charge in [0.15, 0.2) is 5.13 Å². The fourth-order valence-electron chi connectivity index (χ4n) is 2.11. The van der Waals surface area contributed by atoms with Gasteiger partial charge in [0.1, 0.15) is 6.04 Å². The van der Waals surface area contributed by atoms with Gasteiger partial charge in [-0.25, -0.2) is 18.2 Å². The van der Waals surface area contributed by atoms with E-state index in [1.54, 1.807) is 37.4 Å². The maximum Gasteiger partial charge on any atom is 0.326 e. The highest BCUT2D eigenvalue weighted by Gasteiger charge is 2.24. The highest BCUT2D eigenvalue weighted by molar-refractivity contribution is 7.93. The lowest BCUT2D eigenvalue weighted by molar-refractivity contribution is -0.143. The number of sulfonamides is 1. The number of amides is 1. The number of nitrogens with zero attached hydrogens (tertiary/aromatic N) is 1. The minimum Gasteiger partial charge on any atom is -0.480 e. The molecule has 1 aromatic heterocycles. The Morgan fingerprint density at radius 3 is 2.46 bits per heavy atom. The summed E-state index contributed by atoms with van der Waals surface area (Å²) >= 11 is 1.05. The van der Waals surface area contributed by atoms with Gasteiger partial charge in [-0.05, 0) is 18.1 Å². The number of carboxylic acid groups (broad SMARTS) is 1. The molecule has 140 valence electrons. The first kappa shape index (κ1) is 19.9. The number of aliphatic carboxylic acids is 1. The van der Waals surface area contributed by atoms with E-state index in [1.807, 2.05) is 0 Å². The Hall–Kier alpha value is -2.46. The van der Waals surface area contributed by atoms with Crippen molar-refractivity contribution in [2.75, 3.05) is 4.72 Å². The van der Waals surface area contributed by atoms with E-state index in [9.17, 15) is 18.0 Å². The lowest BCUT2D eigenvalue weighted by Crippen LogP contribution is -2.44. The van der Waals surface area contributed by atoms with E-state index in [-0.39, 0.29) is 22.4 Å². The molecule has 1 unspecified atom stereocenters. The molecule has 2 aromatic rings. The van der Waals surface area contributed by atoms with Crippen LogP contribution in [0.3, 0.4) is 0 Å². The molecule has 0 aliphatic rings. The second-order valence-corrected chi connectivity index (χ2v) is 8.41. The molecule has 2 rings (SSSR count). The van der Waals surface area contributed by atoms with Gasteiger partial charge in [0.2, 0.25) is 5.91 Å². The van der Waals surface area contributed by atoms with Gasteiger partial charge in [0.25, 0.3) is 10.0 Å². The maximum absolute atomic E-state index is 12.2. The summed E-state index contributed by atoms with van der Waals surface area (Å²) in [5.74, 6) is -1.86. The van der Waals surface area contributed by atoms with Crippen LogP contribution in [0.1, 0.15) is 19.5 Å². The molecule has 0 radical (unpaired) electrons. The largest absolute Gasteiger partial charge is 0.480 e. The van der Waals surface area contributed by atoms with Crippen molar-refractivity contribution >= 4 is 38.4 Å². The van der Waals surface area contributed by atoms with E-state index in [4.69, 9.17) is 5.11 Å². The van der Waals surface area contributed by atoms with Crippen molar-refractivity contribution in [1.29, 1.82) is 0 Å². The molecule has 0 aliphatic carbocycles. The van der Waals surface area contributed by atoms with Crippen molar-refractivity contribution in [3.8, 4) is 0 Å². The number of carbonyl (C=O) groups excluding carboxylic acids is 1. The molecule has 0 saturated carbocycles. The first-order valence-electron chi connectivity index (χ1n) is 7.73. The monoisotopic (exact) mass is 397 g/mol. The van der Waals surface area contributed by atoms with Gasteiger partial charge in [0.05, 0.1) is 17.0 Å². The van der Waals surface area contributed by atoms with Gasteiger partial charge in [-0.15, -0.1) is 11.3 Å². The van der Waals surface area contributed by atoms with Gasteiger partial charge in [-0.3, -0.25) is 9.52 Å². The first-order chi connectivity index (χ1) is 12.2. The van der Waals surface area contributed by atoms with Gasteiger partial charge >= 0.3 is 5.97 Å². The Bertz CT molecular complexity index is 878. The number of carbonyl (C=O) groups is 2. The van der Waals surface area contributed by atoms with Gasteiger partial charge in [0, 0.05) is 5.38 Å². The molecule has 10 heteroatoms. The molecule has 1 atom stereocenters. The highest BCUT2D eigenvalue weighted by atomic mass is 32.2. The van der Waals surface area contributed by atoms with Gasteiger partial charge in [-0.1, -0.05) is 32.0 Å². The standard InChI is InChI=1S/C16H19N3O5S2/c1-10(2)14(15(21)22)18-13(20)8-11-9-25-16(17-11)19-26(23,24)12-6-4-3-5-7-12/h3-7,9-10,14H,8H2,1-2H3,(H,17,19)(H,18,20)(H,21,22). The Morgan fingerprint density at radius 1 is 1.23 bits per heavy atom. The topological polar surface area (TPSA) is 125 Å². The molecule has 1 aromatic carbocycles.